The lowest BCUT2D eigenvalue weighted by Crippen LogP contribution is -2.45. The van der Waals surface area contributed by atoms with E-state index in [0.29, 0.717) is 10.8 Å². The van der Waals surface area contributed by atoms with Crippen LogP contribution < -0.4 is 0 Å². The highest BCUT2D eigenvalue weighted by Gasteiger charge is 2.55. The molecule has 1 heteroatoms. The van der Waals surface area contributed by atoms with Gasteiger partial charge in [-0.2, -0.15) is 0 Å². The van der Waals surface area contributed by atoms with Gasteiger partial charge in [0.1, 0.15) is 0 Å². The minimum absolute atomic E-state index is 0.110. The maximum Gasteiger partial charge on any atom is 0.0578 e. The van der Waals surface area contributed by atoms with Gasteiger partial charge in [-0.3, -0.25) is 0 Å². The van der Waals surface area contributed by atoms with Crippen LogP contribution in [-0.4, -0.2) is 11.2 Å². The van der Waals surface area contributed by atoms with Crippen molar-refractivity contribution in [1.29, 1.82) is 0 Å². The van der Waals surface area contributed by atoms with Gasteiger partial charge in [0.25, 0.3) is 0 Å². The number of fused-ring (bicyclic) bond motifs is 5. The first kappa shape index (κ1) is 19.5. The Bertz CT molecular complexity index is 653. The maximum atomic E-state index is 10.2. The summed E-state index contributed by atoms with van der Waals surface area (Å²) in [5.41, 5.74) is 4.13. The summed E-state index contributed by atoms with van der Waals surface area (Å²) in [5.74, 6) is 3.16. The lowest BCUT2D eigenvalue weighted by molar-refractivity contribution is 0.0453. The van der Waals surface area contributed by atoms with Crippen molar-refractivity contribution in [1.82, 2.24) is 0 Å². The van der Waals surface area contributed by atoms with E-state index in [2.05, 4.69) is 52.0 Å². The van der Waals surface area contributed by atoms with Crippen molar-refractivity contribution in [3.05, 3.63) is 35.5 Å². The SMILES string of the molecule is CC(C)C/C=C/C[C@H]1CCC2C3=CC=C4CC(O)CCC4(C)C3CCC21C. The fourth-order valence-electron chi connectivity index (χ4n) is 7.11. The Morgan fingerprint density at radius 1 is 1.04 bits per heavy atom. The Morgan fingerprint density at radius 2 is 1.85 bits per heavy atom. The molecule has 1 N–H and O–H groups in total. The third kappa shape index (κ3) is 3.28. The Labute approximate surface area is 167 Å². The Hall–Kier alpha value is -0.820. The molecule has 0 heterocycles. The molecule has 27 heavy (non-hydrogen) atoms. The van der Waals surface area contributed by atoms with Crippen molar-refractivity contribution in [3.63, 3.8) is 0 Å². The van der Waals surface area contributed by atoms with Crippen LogP contribution in [0.2, 0.25) is 0 Å². The molecule has 150 valence electrons. The largest absolute Gasteiger partial charge is 0.393 e. The number of aliphatic hydroxyl groups excluding tert-OH is 1. The highest BCUT2D eigenvalue weighted by molar-refractivity contribution is 5.38. The predicted octanol–water partition coefficient (Wildman–Crippen LogP) is 6.84. The van der Waals surface area contributed by atoms with E-state index in [1.54, 1.807) is 5.57 Å². The van der Waals surface area contributed by atoms with Gasteiger partial charge in [0, 0.05) is 0 Å². The third-order valence-electron chi connectivity index (χ3n) is 8.94. The smallest absolute Gasteiger partial charge is 0.0578 e. The summed E-state index contributed by atoms with van der Waals surface area (Å²) in [6.45, 7) is 9.72. The zero-order chi connectivity index (χ0) is 19.2. The quantitative estimate of drug-likeness (QED) is 0.539. The Kier molecular flexibility index (Phi) is 5.21. The van der Waals surface area contributed by atoms with Crippen molar-refractivity contribution in [3.8, 4) is 0 Å². The first-order chi connectivity index (χ1) is 12.8. The lowest BCUT2D eigenvalue weighted by atomic mass is 9.50. The Morgan fingerprint density at radius 3 is 2.63 bits per heavy atom. The molecule has 0 aliphatic heterocycles. The molecule has 0 aromatic carbocycles. The molecule has 0 saturated heterocycles. The van der Waals surface area contributed by atoms with Gasteiger partial charge in [-0.25, -0.2) is 0 Å². The molecule has 0 aromatic heterocycles. The van der Waals surface area contributed by atoms with E-state index in [9.17, 15) is 5.11 Å². The molecule has 0 radical (unpaired) electrons. The first-order valence-corrected chi connectivity index (χ1v) is 11.6. The van der Waals surface area contributed by atoms with Gasteiger partial charge in [0.15, 0.2) is 0 Å². The van der Waals surface area contributed by atoms with Crippen LogP contribution in [0.5, 0.6) is 0 Å². The number of rotatable bonds is 4. The monoisotopic (exact) mass is 368 g/mol. The molecule has 1 nitrogen and oxygen atoms in total. The van der Waals surface area contributed by atoms with E-state index in [4.69, 9.17) is 0 Å². The highest BCUT2D eigenvalue weighted by Crippen LogP contribution is 2.65. The van der Waals surface area contributed by atoms with Crippen LogP contribution in [-0.2, 0) is 0 Å². The summed E-state index contributed by atoms with van der Waals surface area (Å²) in [5, 5.41) is 10.2. The summed E-state index contributed by atoms with van der Waals surface area (Å²) < 4.78 is 0. The summed E-state index contributed by atoms with van der Waals surface area (Å²) in [4.78, 5) is 0. The van der Waals surface area contributed by atoms with E-state index in [1.165, 1.54) is 50.5 Å². The van der Waals surface area contributed by atoms with Crippen LogP contribution in [0, 0.1) is 34.5 Å². The van der Waals surface area contributed by atoms with Crippen molar-refractivity contribution >= 4 is 0 Å². The maximum absolute atomic E-state index is 10.2. The van der Waals surface area contributed by atoms with Crippen molar-refractivity contribution in [2.75, 3.05) is 0 Å². The molecule has 3 fully saturated rings. The fraction of sp³-hybridized carbons (Fsp3) is 0.769. The fourth-order valence-corrected chi connectivity index (χ4v) is 7.11. The van der Waals surface area contributed by atoms with Gasteiger partial charge >= 0.3 is 0 Å². The van der Waals surface area contributed by atoms with E-state index >= 15 is 0 Å². The summed E-state index contributed by atoms with van der Waals surface area (Å²) in [6.07, 6.45) is 20.8. The van der Waals surface area contributed by atoms with Crippen LogP contribution in [0.3, 0.4) is 0 Å². The number of aliphatic hydroxyl groups is 1. The molecule has 0 aromatic rings. The molecule has 4 rings (SSSR count). The van der Waals surface area contributed by atoms with Crippen LogP contribution >= 0.6 is 0 Å². The third-order valence-corrected chi connectivity index (χ3v) is 8.94. The second-order valence-electron chi connectivity index (χ2n) is 10.9. The molecule has 0 spiro atoms. The average molecular weight is 369 g/mol. The van der Waals surface area contributed by atoms with Gasteiger partial charge in [-0.05, 0) is 92.3 Å². The van der Waals surface area contributed by atoms with E-state index in [1.807, 2.05) is 0 Å². The van der Waals surface area contributed by atoms with Crippen LogP contribution in [0.1, 0.15) is 85.5 Å². The minimum Gasteiger partial charge on any atom is -0.393 e. The average Bonchev–Trinajstić information content (AvgIpc) is 2.96. The molecule has 0 bridgehead atoms. The van der Waals surface area contributed by atoms with E-state index in [0.717, 1.165) is 36.5 Å². The zero-order valence-corrected chi connectivity index (χ0v) is 18.0. The van der Waals surface area contributed by atoms with Crippen LogP contribution in [0.15, 0.2) is 35.5 Å². The molecular formula is C26H40O. The van der Waals surface area contributed by atoms with E-state index < -0.39 is 0 Å². The second kappa shape index (κ2) is 7.21. The molecule has 6 atom stereocenters. The van der Waals surface area contributed by atoms with Gasteiger partial charge in [-0.15, -0.1) is 0 Å². The Balaban J connectivity index is 1.53. The highest BCUT2D eigenvalue weighted by atomic mass is 16.3. The lowest BCUT2D eigenvalue weighted by Gasteiger charge is -2.54. The predicted molar refractivity (Wildman–Crippen MR) is 114 cm³/mol. The number of hydrogen-bond donors (Lipinski definition) is 1. The zero-order valence-electron chi connectivity index (χ0n) is 18.0. The number of hydrogen-bond acceptors (Lipinski definition) is 1. The van der Waals surface area contributed by atoms with Gasteiger partial charge in [0.05, 0.1) is 6.10 Å². The van der Waals surface area contributed by atoms with Gasteiger partial charge in [-0.1, -0.05) is 63.1 Å². The molecule has 0 amide bonds. The molecule has 5 unspecified atom stereocenters. The summed E-state index contributed by atoms with van der Waals surface area (Å²) in [6, 6.07) is 0. The van der Waals surface area contributed by atoms with Crippen molar-refractivity contribution in [2.45, 2.75) is 91.6 Å². The van der Waals surface area contributed by atoms with Crippen molar-refractivity contribution in [2.24, 2.45) is 34.5 Å². The normalized spacial score (nSPS) is 43.9. The molecule has 4 aliphatic carbocycles. The minimum atomic E-state index is -0.110. The van der Waals surface area contributed by atoms with Gasteiger partial charge in [0.2, 0.25) is 0 Å². The van der Waals surface area contributed by atoms with Crippen molar-refractivity contribution < 1.29 is 5.11 Å². The summed E-state index contributed by atoms with van der Waals surface area (Å²) >= 11 is 0. The molecule has 4 aliphatic rings. The second-order valence-corrected chi connectivity index (χ2v) is 10.9. The van der Waals surface area contributed by atoms with Crippen LogP contribution in [0.25, 0.3) is 0 Å². The summed E-state index contributed by atoms with van der Waals surface area (Å²) in [7, 11) is 0. The molecule has 3 saturated carbocycles. The van der Waals surface area contributed by atoms with Crippen LogP contribution in [0.4, 0.5) is 0 Å². The standard InChI is InChI=1S/C26H40O/c1-18(2)7-5-6-8-19-10-12-23-22-11-9-20-17-21(27)13-15-26(20,4)24(22)14-16-25(19,23)3/h5-6,9,11,18-19,21,23-24,27H,7-8,10,12-17H2,1-4H3/b6-5+/t19-,21?,23?,24?,25?,26?/m0/s1. The van der Waals surface area contributed by atoms with E-state index in [-0.39, 0.29) is 6.10 Å². The molecular weight excluding hydrogens is 328 g/mol. The van der Waals surface area contributed by atoms with Gasteiger partial charge < -0.3 is 5.11 Å². The number of allylic oxidation sites excluding steroid dienone is 5. The first-order valence-electron chi connectivity index (χ1n) is 11.6. The topological polar surface area (TPSA) is 20.2 Å².